The van der Waals surface area contributed by atoms with Gasteiger partial charge in [0.1, 0.15) is 0 Å². The van der Waals surface area contributed by atoms with Crippen LogP contribution in [0.25, 0.3) is 11.3 Å². The van der Waals surface area contributed by atoms with E-state index in [1.54, 1.807) is 0 Å². The molecule has 1 aliphatic heterocycles. The average Bonchev–Trinajstić information content (AvgIpc) is 3.37. The third-order valence-electron chi connectivity index (χ3n) is 7.43. The fourth-order valence-electron chi connectivity index (χ4n) is 5.38. The van der Waals surface area contributed by atoms with Gasteiger partial charge in [-0.2, -0.15) is 0 Å². The highest BCUT2D eigenvalue weighted by molar-refractivity contribution is 6.04. The van der Waals surface area contributed by atoms with E-state index in [2.05, 4.69) is 70.3 Å². The number of nitrogens with zero attached hydrogens (tertiary/aromatic N) is 3. The predicted molar refractivity (Wildman–Crippen MR) is 148 cm³/mol. The van der Waals surface area contributed by atoms with Crippen LogP contribution in [0.5, 0.6) is 0 Å². The summed E-state index contributed by atoms with van der Waals surface area (Å²) in [4.78, 5) is 15.7. The molecule has 0 radical (unpaired) electrons. The normalized spacial score (nSPS) is 20.8. The van der Waals surface area contributed by atoms with Gasteiger partial charge in [0, 0.05) is 60.1 Å². The molecule has 1 aliphatic carbocycles. The van der Waals surface area contributed by atoms with Crippen LogP contribution in [-0.2, 0) is 6.42 Å². The van der Waals surface area contributed by atoms with Gasteiger partial charge in [-0.05, 0) is 86.9 Å². The van der Waals surface area contributed by atoms with Crippen molar-refractivity contribution in [3.63, 3.8) is 0 Å². The lowest BCUT2D eigenvalue weighted by Crippen LogP contribution is -2.25. The highest BCUT2D eigenvalue weighted by Crippen LogP contribution is 2.28. The van der Waals surface area contributed by atoms with Crippen LogP contribution in [0.1, 0.15) is 69.5 Å². The van der Waals surface area contributed by atoms with Crippen LogP contribution in [0.15, 0.2) is 72.0 Å². The number of hydrogen-bond acceptors (Lipinski definition) is 3. The van der Waals surface area contributed by atoms with Gasteiger partial charge in [0.15, 0.2) is 0 Å². The number of anilines is 1. The van der Waals surface area contributed by atoms with Gasteiger partial charge in [-0.3, -0.25) is 9.98 Å². The number of benzene rings is 1. The van der Waals surface area contributed by atoms with Crippen LogP contribution in [-0.4, -0.2) is 28.8 Å². The summed E-state index contributed by atoms with van der Waals surface area (Å²) >= 11 is 0. The lowest BCUT2D eigenvalue weighted by Gasteiger charge is -2.24. The summed E-state index contributed by atoms with van der Waals surface area (Å²) in [6.07, 6.45) is 19.1. The second-order valence-corrected chi connectivity index (χ2v) is 10.2. The maximum absolute atomic E-state index is 5.19. The lowest BCUT2D eigenvalue weighted by molar-refractivity contribution is 0.471. The van der Waals surface area contributed by atoms with Crippen molar-refractivity contribution in [2.75, 3.05) is 18.0 Å². The Morgan fingerprint density at radius 3 is 2.69 bits per heavy atom. The molecule has 1 N–H and O–H groups in total. The number of aromatic nitrogens is 2. The van der Waals surface area contributed by atoms with Gasteiger partial charge >= 0.3 is 0 Å². The predicted octanol–water partition coefficient (Wildman–Crippen LogP) is 7.89. The number of H-pyrrole nitrogens is 1. The molecule has 182 valence electrons. The minimum atomic E-state index is 0.869. The van der Waals surface area contributed by atoms with E-state index in [9.17, 15) is 0 Å². The number of rotatable bonds is 3. The summed E-state index contributed by atoms with van der Waals surface area (Å²) in [6.45, 7) is 4.74. The molecule has 1 saturated heterocycles. The highest BCUT2D eigenvalue weighted by Gasteiger charge is 2.16. The minimum Gasteiger partial charge on any atom is -0.372 e. The Morgan fingerprint density at radius 1 is 0.971 bits per heavy atom. The van der Waals surface area contributed by atoms with Crippen LogP contribution in [0.3, 0.4) is 0 Å². The molecule has 4 nitrogen and oxygen atoms in total. The molecule has 0 bridgehead atoms. The van der Waals surface area contributed by atoms with E-state index >= 15 is 0 Å². The van der Waals surface area contributed by atoms with Crippen molar-refractivity contribution in [2.45, 2.75) is 64.7 Å². The zero-order valence-corrected chi connectivity index (χ0v) is 21.0. The Morgan fingerprint density at radius 2 is 1.83 bits per heavy atom. The first-order chi connectivity index (χ1) is 17.3. The van der Waals surface area contributed by atoms with Crippen molar-refractivity contribution >= 4 is 17.1 Å². The molecule has 1 atom stereocenters. The Bertz CT molecular complexity index is 1140. The van der Waals surface area contributed by atoms with Crippen LogP contribution in [0.2, 0.25) is 0 Å². The number of aromatic amines is 1. The first-order valence-corrected chi connectivity index (χ1v) is 13.5. The van der Waals surface area contributed by atoms with E-state index in [4.69, 9.17) is 4.99 Å². The van der Waals surface area contributed by atoms with Crippen molar-refractivity contribution in [3.05, 3.63) is 78.3 Å². The van der Waals surface area contributed by atoms with Gasteiger partial charge in [-0.1, -0.05) is 31.9 Å². The van der Waals surface area contributed by atoms with Crippen LogP contribution in [0, 0.1) is 5.92 Å². The standard InChI is InChI=1S/C31H38N4/c1-24-10-6-7-20-35(21-9-11-24)27-17-15-26(16-18-27)33-29-13-4-2-3-5-14-30-28(29)22-31(34-30)25-12-8-19-32-23-25/h3,5,8,12,15-19,22-24,34H,2,4,6-7,9-11,13-14,20-21H2,1H3. The topological polar surface area (TPSA) is 44.3 Å². The summed E-state index contributed by atoms with van der Waals surface area (Å²) in [7, 11) is 0. The van der Waals surface area contributed by atoms with E-state index < -0.39 is 0 Å². The average molecular weight is 467 g/mol. The summed E-state index contributed by atoms with van der Waals surface area (Å²) in [6, 6.07) is 15.3. The zero-order chi connectivity index (χ0) is 23.9. The van der Waals surface area contributed by atoms with E-state index in [-0.39, 0.29) is 0 Å². The van der Waals surface area contributed by atoms with E-state index in [0.29, 0.717) is 0 Å². The highest BCUT2D eigenvalue weighted by atomic mass is 15.1. The maximum atomic E-state index is 5.19. The van der Waals surface area contributed by atoms with Crippen molar-refractivity contribution < 1.29 is 0 Å². The van der Waals surface area contributed by atoms with E-state index in [1.807, 2.05) is 18.5 Å². The molecule has 2 aromatic heterocycles. The van der Waals surface area contributed by atoms with Crippen LogP contribution >= 0.6 is 0 Å². The molecular weight excluding hydrogens is 428 g/mol. The fraction of sp³-hybridized carbons (Fsp3) is 0.419. The summed E-state index contributed by atoms with van der Waals surface area (Å²) < 4.78 is 0. The number of allylic oxidation sites excluding steroid dienone is 2. The van der Waals surface area contributed by atoms with Crippen LogP contribution in [0.4, 0.5) is 11.4 Å². The zero-order valence-electron chi connectivity index (χ0n) is 21.0. The lowest BCUT2D eigenvalue weighted by atomic mass is 10.00. The Balaban J connectivity index is 1.40. The Labute approximate surface area is 210 Å². The summed E-state index contributed by atoms with van der Waals surface area (Å²) in [5.41, 5.74) is 8.27. The van der Waals surface area contributed by atoms with Gasteiger partial charge in [0.25, 0.3) is 0 Å². The molecule has 0 saturated carbocycles. The molecule has 35 heavy (non-hydrogen) atoms. The molecule has 3 aromatic rings. The molecule has 0 spiro atoms. The smallest absolute Gasteiger partial charge is 0.0634 e. The molecule has 0 amide bonds. The van der Waals surface area contributed by atoms with E-state index in [0.717, 1.165) is 61.6 Å². The molecule has 1 fully saturated rings. The molecule has 2 aliphatic rings. The molecule has 1 aromatic carbocycles. The minimum absolute atomic E-state index is 0.869. The summed E-state index contributed by atoms with van der Waals surface area (Å²) in [5.74, 6) is 0.869. The summed E-state index contributed by atoms with van der Waals surface area (Å²) in [5, 5.41) is 0. The first kappa shape index (κ1) is 23.6. The van der Waals surface area contributed by atoms with Crippen molar-refractivity contribution in [1.29, 1.82) is 0 Å². The Kier molecular flexibility index (Phi) is 7.77. The molecule has 1 unspecified atom stereocenters. The molecular formula is C31H38N4. The monoisotopic (exact) mass is 466 g/mol. The third kappa shape index (κ3) is 6.11. The third-order valence-corrected chi connectivity index (χ3v) is 7.43. The van der Waals surface area contributed by atoms with Crippen LogP contribution < -0.4 is 4.90 Å². The van der Waals surface area contributed by atoms with Gasteiger partial charge in [-0.15, -0.1) is 0 Å². The second-order valence-electron chi connectivity index (χ2n) is 10.2. The number of fused-ring (bicyclic) bond motifs is 1. The molecule has 3 heterocycles. The fourth-order valence-corrected chi connectivity index (χ4v) is 5.38. The number of pyridine rings is 1. The van der Waals surface area contributed by atoms with Gasteiger partial charge in [-0.25, -0.2) is 0 Å². The van der Waals surface area contributed by atoms with Crippen molar-refractivity contribution in [2.24, 2.45) is 10.9 Å². The molecule has 4 heteroatoms. The van der Waals surface area contributed by atoms with E-state index in [1.165, 1.54) is 54.8 Å². The molecule has 5 rings (SSSR count). The largest absolute Gasteiger partial charge is 0.372 e. The maximum Gasteiger partial charge on any atom is 0.0634 e. The quantitative estimate of drug-likeness (QED) is 0.399. The SMILES string of the molecule is CC1CCCCN(c2ccc(N=C3CCCC=CCc4[nH]c(-c5cccnc5)cc43)cc2)CCC1. The van der Waals surface area contributed by atoms with Crippen molar-refractivity contribution in [1.82, 2.24) is 9.97 Å². The van der Waals surface area contributed by atoms with Crippen molar-refractivity contribution in [3.8, 4) is 11.3 Å². The number of aliphatic imine (C=N–C) groups is 1. The number of nitrogens with one attached hydrogen (secondary N) is 1. The first-order valence-electron chi connectivity index (χ1n) is 13.5. The number of hydrogen-bond donors (Lipinski definition) is 1. The van der Waals surface area contributed by atoms with Gasteiger partial charge < -0.3 is 9.88 Å². The van der Waals surface area contributed by atoms with Gasteiger partial charge in [0.05, 0.1) is 11.4 Å². The second kappa shape index (κ2) is 11.5. The van der Waals surface area contributed by atoms with Gasteiger partial charge in [0.2, 0.25) is 0 Å². The Hall–Kier alpha value is -3.14.